The lowest BCUT2D eigenvalue weighted by molar-refractivity contribution is 0.311. The molecular formula is C13H16ClNO. The third kappa shape index (κ3) is 2.56. The zero-order valence-corrected chi connectivity index (χ0v) is 9.90. The van der Waals surface area contributed by atoms with Gasteiger partial charge < -0.3 is 5.21 Å². The Kier molecular flexibility index (Phi) is 3.83. The number of rotatable bonds is 2. The molecular weight excluding hydrogens is 222 g/mol. The zero-order chi connectivity index (χ0) is 11.4. The van der Waals surface area contributed by atoms with Gasteiger partial charge in [-0.05, 0) is 31.2 Å². The van der Waals surface area contributed by atoms with E-state index in [4.69, 9.17) is 16.8 Å². The van der Waals surface area contributed by atoms with Gasteiger partial charge in [-0.15, -0.1) is 11.6 Å². The van der Waals surface area contributed by atoms with Crippen LogP contribution in [-0.4, -0.2) is 16.3 Å². The fourth-order valence-electron chi connectivity index (χ4n) is 2.31. The van der Waals surface area contributed by atoms with Gasteiger partial charge in [0.15, 0.2) is 0 Å². The maximum Gasteiger partial charge on any atom is 0.0898 e. The molecule has 1 aliphatic rings. The number of nitrogens with zero attached hydrogens (tertiary/aromatic N) is 1. The van der Waals surface area contributed by atoms with Gasteiger partial charge in [0.25, 0.3) is 0 Å². The predicted octanol–water partition coefficient (Wildman–Crippen LogP) is 3.66. The summed E-state index contributed by atoms with van der Waals surface area (Å²) in [6.45, 7) is 0. The number of halogens is 1. The Labute approximate surface area is 101 Å². The van der Waals surface area contributed by atoms with E-state index < -0.39 is 0 Å². The zero-order valence-electron chi connectivity index (χ0n) is 9.14. The second kappa shape index (κ2) is 5.35. The van der Waals surface area contributed by atoms with E-state index in [1.165, 1.54) is 0 Å². The van der Waals surface area contributed by atoms with Gasteiger partial charge >= 0.3 is 0 Å². The molecule has 0 aromatic heterocycles. The number of oxime groups is 1. The van der Waals surface area contributed by atoms with Crippen LogP contribution in [0.1, 0.15) is 31.2 Å². The summed E-state index contributed by atoms with van der Waals surface area (Å²) in [5.74, 6) is 0.349. The quantitative estimate of drug-likeness (QED) is 0.362. The minimum absolute atomic E-state index is 0.298. The molecule has 0 unspecified atom stereocenters. The summed E-state index contributed by atoms with van der Waals surface area (Å²) in [6.07, 6.45) is 4.06. The van der Waals surface area contributed by atoms with Crippen molar-refractivity contribution >= 4 is 17.3 Å². The molecule has 0 heterocycles. The van der Waals surface area contributed by atoms with Gasteiger partial charge in [0.1, 0.15) is 0 Å². The molecule has 2 nitrogen and oxygen atoms in total. The van der Waals surface area contributed by atoms with Crippen LogP contribution in [0.25, 0.3) is 0 Å². The van der Waals surface area contributed by atoms with E-state index in [1.54, 1.807) is 0 Å². The number of hydrogen-bond donors (Lipinski definition) is 1. The van der Waals surface area contributed by atoms with Crippen LogP contribution in [0.5, 0.6) is 0 Å². The fourth-order valence-corrected chi connectivity index (χ4v) is 2.56. The molecule has 2 rings (SSSR count). The van der Waals surface area contributed by atoms with Gasteiger partial charge in [-0.1, -0.05) is 35.5 Å². The molecule has 0 aliphatic heterocycles. The number of alkyl halides is 1. The second-order valence-electron chi connectivity index (χ2n) is 4.30. The minimum Gasteiger partial charge on any atom is -0.411 e. The predicted molar refractivity (Wildman–Crippen MR) is 66.4 cm³/mol. The van der Waals surface area contributed by atoms with Gasteiger partial charge in [-0.2, -0.15) is 0 Å². The summed E-state index contributed by atoms with van der Waals surface area (Å²) in [5, 5.41) is 12.9. The molecule has 1 aromatic rings. The van der Waals surface area contributed by atoms with Gasteiger partial charge in [0, 0.05) is 11.3 Å². The van der Waals surface area contributed by atoms with Crippen molar-refractivity contribution in [3.05, 3.63) is 35.9 Å². The molecule has 16 heavy (non-hydrogen) atoms. The third-order valence-electron chi connectivity index (χ3n) is 3.22. The highest BCUT2D eigenvalue weighted by Crippen LogP contribution is 2.30. The Morgan fingerprint density at radius 1 is 1.12 bits per heavy atom. The van der Waals surface area contributed by atoms with Crippen LogP contribution in [0, 0.1) is 5.92 Å². The molecule has 0 radical (unpaired) electrons. The van der Waals surface area contributed by atoms with Crippen LogP contribution in [0.4, 0.5) is 0 Å². The number of hydrogen-bond acceptors (Lipinski definition) is 2. The van der Waals surface area contributed by atoms with E-state index in [0.717, 1.165) is 37.0 Å². The lowest BCUT2D eigenvalue weighted by Crippen LogP contribution is -2.22. The maximum atomic E-state index is 9.15. The molecule has 0 amide bonds. The van der Waals surface area contributed by atoms with Crippen LogP contribution >= 0.6 is 11.6 Å². The van der Waals surface area contributed by atoms with Gasteiger partial charge in [-0.25, -0.2) is 0 Å². The van der Waals surface area contributed by atoms with Crippen LogP contribution in [0.15, 0.2) is 35.5 Å². The molecule has 86 valence electrons. The largest absolute Gasteiger partial charge is 0.411 e. The lowest BCUT2D eigenvalue weighted by atomic mass is 9.83. The first-order chi connectivity index (χ1) is 7.81. The molecule has 0 atom stereocenters. The van der Waals surface area contributed by atoms with Crippen LogP contribution < -0.4 is 0 Å². The molecule has 1 aromatic carbocycles. The Balaban J connectivity index is 2.12. The summed E-state index contributed by atoms with van der Waals surface area (Å²) >= 11 is 6.07. The van der Waals surface area contributed by atoms with Crippen LogP contribution in [0.3, 0.4) is 0 Å². The summed E-state index contributed by atoms with van der Waals surface area (Å²) in [6, 6.07) is 9.87. The van der Waals surface area contributed by atoms with Crippen molar-refractivity contribution in [2.45, 2.75) is 31.1 Å². The van der Waals surface area contributed by atoms with Gasteiger partial charge in [0.2, 0.25) is 0 Å². The topological polar surface area (TPSA) is 32.6 Å². The average molecular weight is 238 g/mol. The van der Waals surface area contributed by atoms with E-state index in [1.807, 2.05) is 30.3 Å². The highest BCUT2D eigenvalue weighted by molar-refractivity contribution is 6.20. The van der Waals surface area contributed by atoms with Crippen molar-refractivity contribution in [2.75, 3.05) is 0 Å². The van der Waals surface area contributed by atoms with Crippen molar-refractivity contribution < 1.29 is 5.21 Å². The summed E-state index contributed by atoms with van der Waals surface area (Å²) in [7, 11) is 0. The maximum absolute atomic E-state index is 9.15. The first kappa shape index (κ1) is 11.5. The summed E-state index contributed by atoms with van der Waals surface area (Å²) in [4.78, 5) is 0. The molecule has 0 saturated heterocycles. The van der Waals surface area contributed by atoms with E-state index in [2.05, 4.69) is 5.16 Å². The Morgan fingerprint density at radius 3 is 2.31 bits per heavy atom. The standard InChI is InChI=1S/C13H16ClNO/c14-12-8-6-11(7-9-12)13(15-16)10-4-2-1-3-5-10/h1-5,11-12,16H,6-9H2/b15-13-. The molecule has 3 heteroatoms. The van der Waals surface area contributed by atoms with Crippen molar-refractivity contribution in [1.82, 2.24) is 0 Å². The smallest absolute Gasteiger partial charge is 0.0898 e. The molecule has 0 bridgehead atoms. The first-order valence-electron chi connectivity index (χ1n) is 5.72. The van der Waals surface area contributed by atoms with Gasteiger partial charge in [0.05, 0.1) is 5.71 Å². The van der Waals surface area contributed by atoms with E-state index >= 15 is 0 Å². The van der Waals surface area contributed by atoms with Crippen molar-refractivity contribution in [3.8, 4) is 0 Å². The van der Waals surface area contributed by atoms with E-state index in [9.17, 15) is 0 Å². The Hall–Kier alpha value is -1.02. The Bertz CT molecular complexity index is 355. The molecule has 0 spiro atoms. The van der Waals surface area contributed by atoms with Gasteiger partial charge in [-0.3, -0.25) is 0 Å². The van der Waals surface area contributed by atoms with E-state index in [-0.39, 0.29) is 0 Å². The lowest BCUT2D eigenvalue weighted by Gasteiger charge is -2.25. The van der Waals surface area contributed by atoms with Crippen molar-refractivity contribution in [3.63, 3.8) is 0 Å². The summed E-state index contributed by atoms with van der Waals surface area (Å²) < 4.78 is 0. The highest BCUT2D eigenvalue weighted by Gasteiger charge is 2.24. The molecule has 1 N–H and O–H groups in total. The van der Waals surface area contributed by atoms with Crippen molar-refractivity contribution in [2.24, 2.45) is 11.1 Å². The SMILES string of the molecule is O/N=C(/c1ccccc1)C1CCC(Cl)CC1. The Morgan fingerprint density at radius 2 is 1.75 bits per heavy atom. The van der Waals surface area contributed by atoms with Crippen LogP contribution in [-0.2, 0) is 0 Å². The molecule has 1 fully saturated rings. The molecule has 1 aliphatic carbocycles. The van der Waals surface area contributed by atoms with Crippen LogP contribution in [0.2, 0.25) is 0 Å². The second-order valence-corrected chi connectivity index (χ2v) is 4.92. The number of benzene rings is 1. The normalized spacial score (nSPS) is 26.7. The fraction of sp³-hybridized carbons (Fsp3) is 0.462. The molecule has 1 saturated carbocycles. The monoisotopic (exact) mass is 237 g/mol. The first-order valence-corrected chi connectivity index (χ1v) is 6.16. The van der Waals surface area contributed by atoms with Crippen molar-refractivity contribution in [1.29, 1.82) is 0 Å². The average Bonchev–Trinajstić information content (AvgIpc) is 2.34. The minimum atomic E-state index is 0.298. The highest BCUT2D eigenvalue weighted by atomic mass is 35.5. The van der Waals surface area contributed by atoms with E-state index in [0.29, 0.717) is 11.3 Å². The third-order valence-corrected chi connectivity index (χ3v) is 3.66. The summed E-state index contributed by atoms with van der Waals surface area (Å²) in [5.41, 5.74) is 1.83.